The summed E-state index contributed by atoms with van der Waals surface area (Å²) in [6, 6.07) is 8.48. The number of carbonyl (C=O) groups excluding carboxylic acids is 2. The molecule has 4 rings (SSSR count). The van der Waals surface area contributed by atoms with Gasteiger partial charge >= 0.3 is 0 Å². The lowest BCUT2D eigenvalue weighted by Gasteiger charge is -2.17. The number of aromatic nitrogens is 1. The number of anilines is 1. The first kappa shape index (κ1) is 15.5. The zero-order chi connectivity index (χ0) is 17.6. The van der Waals surface area contributed by atoms with E-state index in [0.717, 1.165) is 0 Å². The van der Waals surface area contributed by atoms with Crippen LogP contribution < -0.4 is 10.6 Å². The molecule has 0 saturated carbocycles. The molecule has 2 amide bonds. The molecule has 2 heterocycles. The van der Waals surface area contributed by atoms with E-state index in [0.29, 0.717) is 44.7 Å². The first-order valence-electron chi connectivity index (χ1n) is 7.48. The third kappa shape index (κ3) is 2.42. The van der Waals surface area contributed by atoms with Crippen molar-refractivity contribution in [2.45, 2.75) is 6.04 Å². The molecule has 25 heavy (non-hydrogen) atoms. The number of halogens is 2. The number of hydrogen-bond acceptors (Lipinski definition) is 3. The van der Waals surface area contributed by atoms with Crippen molar-refractivity contribution in [3.63, 3.8) is 0 Å². The van der Waals surface area contributed by atoms with Gasteiger partial charge in [0.25, 0.3) is 5.91 Å². The van der Waals surface area contributed by atoms with E-state index in [1.54, 1.807) is 24.4 Å². The van der Waals surface area contributed by atoms with Gasteiger partial charge in [-0.2, -0.15) is 0 Å². The molecule has 3 aromatic rings. The number of pyridine rings is 1. The number of hydrogen-bond donors (Lipinski definition) is 2. The summed E-state index contributed by atoms with van der Waals surface area (Å²) >= 11 is 6.22. The normalized spacial score (nSPS) is 15.8. The highest BCUT2D eigenvalue weighted by Gasteiger charge is 2.35. The molecule has 7 heteroatoms. The minimum Gasteiger partial charge on any atom is -0.341 e. The fourth-order valence-electron chi connectivity index (χ4n) is 3.21. The van der Waals surface area contributed by atoms with Crippen molar-refractivity contribution in [1.29, 1.82) is 0 Å². The van der Waals surface area contributed by atoms with Crippen LogP contribution in [-0.2, 0) is 4.79 Å². The molecule has 1 aromatic heterocycles. The lowest BCUT2D eigenvalue weighted by molar-refractivity contribution is -0.105. The zero-order valence-electron chi connectivity index (χ0n) is 12.7. The highest BCUT2D eigenvalue weighted by atomic mass is 35.5. The van der Waals surface area contributed by atoms with Crippen molar-refractivity contribution in [2.75, 3.05) is 5.32 Å². The standard InChI is InChI=1S/C18H11ClFN3O2/c19-12-4-3-9(20)6-11(12)17-16-14(22-8-24)7-13-10(2-1-5-21-13)15(16)18(25)23-17/h1-8,17H,(H,22,24)(H,23,25). The average molecular weight is 356 g/mol. The molecular weight excluding hydrogens is 345 g/mol. The third-order valence-electron chi connectivity index (χ3n) is 4.22. The van der Waals surface area contributed by atoms with E-state index in [-0.39, 0.29) is 5.91 Å². The van der Waals surface area contributed by atoms with Crippen molar-refractivity contribution in [3.05, 3.63) is 70.1 Å². The van der Waals surface area contributed by atoms with Gasteiger partial charge in [-0.3, -0.25) is 14.6 Å². The maximum Gasteiger partial charge on any atom is 0.253 e. The number of fused-ring (bicyclic) bond motifs is 3. The Morgan fingerprint density at radius 3 is 2.92 bits per heavy atom. The van der Waals surface area contributed by atoms with Crippen molar-refractivity contribution < 1.29 is 14.0 Å². The molecule has 1 aliphatic heterocycles. The number of benzene rings is 2. The second-order valence-corrected chi connectivity index (χ2v) is 6.02. The highest BCUT2D eigenvalue weighted by Crippen LogP contribution is 2.42. The molecule has 2 aromatic carbocycles. The zero-order valence-corrected chi connectivity index (χ0v) is 13.5. The predicted molar refractivity (Wildman–Crippen MR) is 92.1 cm³/mol. The Hall–Kier alpha value is -2.99. The van der Waals surface area contributed by atoms with Gasteiger partial charge in [-0.15, -0.1) is 0 Å². The number of nitrogens with one attached hydrogen (secondary N) is 2. The number of amides is 2. The van der Waals surface area contributed by atoms with Gasteiger partial charge in [0.15, 0.2) is 0 Å². The van der Waals surface area contributed by atoms with E-state index in [1.165, 1.54) is 18.2 Å². The van der Waals surface area contributed by atoms with Crippen molar-refractivity contribution in [1.82, 2.24) is 10.3 Å². The highest BCUT2D eigenvalue weighted by molar-refractivity contribution is 6.31. The molecular formula is C18H11ClFN3O2. The Balaban J connectivity index is 2.03. The lowest BCUT2D eigenvalue weighted by Crippen LogP contribution is -2.20. The summed E-state index contributed by atoms with van der Waals surface area (Å²) in [6.45, 7) is 0. The summed E-state index contributed by atoms with van der Waals surface area (Å²) in [5.41, 5.74) is 2.38. The van der Waals surface area contributed by atoms with Gasteiger partial charge in [0.05, 0.1) is 17.1 Å². The van der Waals surface area contributed by atoms with Crippen LogP contribution in [0.15, 0.2) is 42.6 Å². The number of nitrogens with zero attached hydrogens (tertiary/aromatic N) is 1. The monoisotopic (exact) mass is 355 g/mol. The van der Waals surface area contributed by atoms with Crippen molar-refractivity contribution in [2.24, 2.45) is 0 Å². The summed E-state index contributed by atoms with van der Waals surface area (Å²) in [5.74, 6) is -0.790. The predicted octanol–water partition coefficient (Wildman–Crippen LogP) is 3.43. The molecule has 0 fully saturated rings. The minimum atomic E-state index is -0.669. The molecule has 0 radical (unpaired) electrons. The Morgan fingerprint density at radius 2 is 2.12 bits per heavy atom. The number of rotatable bonds is 3. The first-order valence-corrected chi connectivity index (χ1v) is 7.85. The summed E-state index contributed by atoms with van der Waals surface area (Å²) in [7, 11) is 0. The lowest BCUT2D eigenvalue weighted by atomic mass is 9.94. The van der Waals surface area contributed by atoms with Crippen LogP contribution in [0.1, 0.15) is 27.5 Å². The SMILES string of the molecule is O=CNc1cc2ncccc2c2c1C(c1cc(F)ccc1Cl)NC2=O. The smallest absolute Gasteiger partial charge is 0.253 e. The summed E-state index contributed by atoms with van der Waals surface area (Å²) in [4.78, 5) is 27.9. The van der Waals surface area contributed by atoms with Gasteiger partial charge in [-0.25, -0.2) is 4.39 Å². The van der Waals surface area contributed by atoms with Gasteiger partial charge in [0.2, 0.25) is 6.41 Å². The van der Waals surface area contributed by atoms with E-state index in [4.69, 9.17) is 11.6 Å². The molecule has 2 N–H and O–H groups in total. The summed E-state index contributed by atoms with van der Waals surface area (Å²) in [6.07, 6.45) is 2.13. The summed E-state index contributed by atoms with van der Waals surface area (Å²) < 4.78 is 13.7. The number of carbonyl (C=O) groups is 2. The van der Waals surface area contributed by atoms with Crippen LogP contribution in [-0.4, -0.2) is 17.3 Å². The van der Waals surface area contributed by atoms with Crippen LogP contribution in [0.2, 0.25) is 5.02 Å². The maximum atomic E-state index is 13.7. The van der Waals surface area contributed by atoms with Gasteiger partial charge in [-0.05, 0) is 30.3 Å². The minimum absolute atomic E-state index is 0.322. The largest absolute Gasteiger partial charge is 0.341 e. The second-order valence-electron chi connectivity index (χ2n) is 5.62. The Morgan fingerprint density at radius 1 is 1.28 bits per heavy atom. The van der Waals surface area contributed by atoms with E-state index < -0.39 is 11.9 Å². The van der Waals surface area contributed by atoms with Gasteiger partial charge in [0, 0.05) is 33.4 Å². The maximum absolute atomic E-state index is 13.7. The topological polar surface area (TPSA) is 71.1 Å². The molecule has 5 nitrogen and oxygen atoms in total. The third-order valence-corrected chi connectivity index (χ3v) is 4.57. The average Bonchev–Trinajstić information content (AvgIpc) is 2.95. The fraction of sp³-hybridized carbons (Fsp3) is 0.0556. The Kier molecular flexibility index (Phi) is 3.62. The molecule has 124 valence electrons. The van der Waals surface area contributed by atoms with Crippen LogP contribution in [0.5, 0.6) is 0 Å². The Labute approximate surface area is 146 Å². The molecule has 1 aliphatic rings. The molecule has 0 saturated heterocycles. The molecule has 0 spiro atoms. The molecule has 1 atom stereocenters. The van der Waals surface area contributed by atoms with Gasteiger partial charge in [-0.1, -0.05) is 17.7 Å². The second kappa shape index (κ2) is 5.82. The van der Waals surface area contributed by atoms with Crippen LogP contribution >= 0.6 is 11.6 Å². The van der Waals surface area contributed by atoms with Gasteiger partial charge in [0.1, 0.15) is 5.82 Å². The molecule has 0 aliphatic carbocycles. The van der Waals surface area contributed by atoms with E-state index >= 15 is 0 Å². The molecule has 0 bridgehead atoms. The fourth-order valence-corrected chi connectivity index (χ4v) is 3.44. The van der Waals surface area contributed by atoms with E-state index in [2.05, 4.69) is 15.6 Å². The van der Waals surface area contributed by atoms with E-state index in [9.17, 15) is 14.0 Å². The van der Waals surface area contributed by atoms with Gasteiger partial charge < -0.3 is 10.6 Å². The van der Waals surface area contributed by atoms with Crippen LogP contribution in [0.25, 0.3) is 10.9 Å². The van der Waals surface area contributed by atoms with Crippen molar-refractivity contribution >= 4 is 40.5 Å². The van der Waals surface area contributed by atoms with Crippen LogP contribution in [0, 0.1) is 5.82 Å². The summed E-state index contributed by atoms with van der Waals surface area (Å²) in [5, 5.41) is 6.40. The van der Waals surface area contributed by atoms with Crippen LogP contribution in [0.4, 0.5) is 10.1 Å². The van der Waals surface area contributed by atoms with Crippen molar-refractivity contribution in [3.8, 4) is 0 Å². The van der Waals surface area contributed by atoms with E-state index in [1.807, 2.05) is 0 Å². The first-order chi connectivity index (χ1) is 12.1. The quantitative estimate of drug-likeness (QED) is 0.707. The Bertz CT molecular complexity index is 1040. The molecule has 1 unspecified atom stereocenters. The van der Waals surface area contributed by atoms with Crippen LogP contribution in [0.3, 0.4) is 0 Å².